The van der Waals surface area contributed by atoms with Gasteiger partial charge < -0.3 is 5.32 Å². The predicted octanol–water partition coefficient (Wildman–Crippen LogP) is 4.24. The van der Waals surface area contributed by atoms with Gasteiger partial charge in [0.25, 0.3) is 5.56 Å². The Labute approximate surface area is 177 Å². The fraction of sp³-hybridized carbons (Fsp3) is 0.400. The number of aromatic nitrogens is 2. The Hall–Kier alpha value is -2.95. The van der Waals surface area contributed by atoms with Crippen LogP contribution in [0.25, 0.3) is 10.9 Å². The van der Waals surface area contributed by atoms with E-state index in [9.17, 15) is 9.59 Å². The number of carbonyl (C=O) groups is 1. The van der Waals surface area contributed by atoms with E-state index in [1.54, 1.807) is 17.0 Å². The van der Waals surface area contributed by atoms with Crippen molar-refractivity contribution in [2.75, 3.05) is 0 Å². The average molecular weight is 404 g/mol. The number of para-hydroxylation sites is 1. The Balaban J connectivity index is 1.33. The SMILES string of the molecule is Cc1cccc2c(=O)n(CCCC(=O)NC(C)c3ccc4c(c3)CCCC4)cnc12. The highest BCUT2D eigenvalue weighted by molar-refractivity contribution is 5.80. The van der Waals surface area contributed by atoms with E-state index in [2.05, 4.69) is 28.5 Å². The molecule has 1 aliphatic carbocycles. The van der Waals surface area contributed by atoms with Crippen molar-refractivity contribution in [3.8, 4) is 0 Å². The molecule has 1 aromatic heterocycles. The molecule has 0 saturated heterocycles. The molecule has 3 aromatic rings. The van der Waals surface area contributed by atoms with E-state index >= 15 is 0 Å². The van der Waals surface area contributed by atoms with Crippen LogP contribution in [-0.2, 0) is 24.2 Å². The van der Waals surface area contributed by atoms with Crippen LogP contribution in [0.2, 0.25) is 0 Å². The maximum atomic E-state index is 12.7. The van der Waals surface area contributed by atoms with Crippen molar-refractivity contribution in [2.24, 2.45) is 0 Å². The highest BCUT2D eigenvalue weighted by Gasteiger charge is 2.14. The molecular weight excluding hydrogens is 374 g/mol. The zero-order valence-corrected chi connectivity index (χ0v) is 17.8. The van der Waals surface area contributed by atoms with Gasteiger partial charge in [-0.2, -0.15) is 0 Å². The summed E-state index contributed by atoms with van der Waals surface area (Å²) in [6.45, 7) is 4.46. The Morgan fingerprint density at radius 2 is 1.97 bits per heavy atom. The van der Waals surface area contributed by atoms with Gasteiger partial charge in [-0.3, -0.25) is 14.2 Å². The molecule has 1 N–H and O–H groups in total. The summed E-state index contributed by atoms with van der Waals surface area (Å²) in [4.78, 5) is 29.5. The minimum Gasteiger partial charge on any atom is -0.350 e. The molecule has 5 nitrogen and oxygen atoms in total. The summed E-state index contributed by atoms with van der Waals surface area (Å²) in [5, 5.41) is 3.73. The summed E-state index contributed by atoms with van der Waals surface area (Å²) in [6, 6.07) is 12.2. The van der Waals surface area contributed by atoms with E-state index in [0.717, 1.165) is 23.1 Å². The van der Waals surface area contributed by atoms with Crippen molar-refractivity contribution in [2.45, 2.75) is 65.0 Å². The van der Waals surface area contributed by atoms with Gasteiger partial charge in [0, 0.05) is 13.0 Å². The van der Waals surface area contributed by atoms with E-state index in [4.69, 9.17) is 0 Å². The first kappa shape index (κ1) is 20.3. The molecule has 30 heavy (non-hydrogen) atoms. The average Bonchev–Trinajstić information content (AvgIpc) is 2.75. The third-order valence-corrected chi connectivity index (χ3v) is 6.11. The number of fused-ring (bicyclic) bond motifs is 2. The summed E-state index contributed by atoms with van der Waals surface area (Å²) in [5.74, 6) is 0.0119. The molecule has 4 rings (SSSR count). The molecule has 1 atom stereocenters. The summed E-state index contributed by atoms with van der Waals surface area (Å²) in [7, 11) is 0. The molecule has 0 aliphatic heterocycles. The first-order valence-corrected chi connectivity index (χ1v) is 10.9. The first-order valence-electron chi connectivity index (χ1n) is 10.9. The number of nitrogens with one attached hydrogen (secondary N) is 1. The van der Waals surface area contributed by atoms with Crippen LogP contribution >= 0.6 is 0 Å². The van der Waals surface area contributed by atoms with Gasteiger partial charge in [0.1, 0.15) is 0 Å². The lowest BCUT2D eigenvalue weighted by atomic mass is 9.89. The predicted molar refractivity (Wildman–Crippen MR) is 120 cm³/mol. The Kier molecular flexibility index (Phi) is 5.98. The first-order chi connectivity index (χ1) is 14.5. The Morgan fingerprint density at radius 1 is 1.17 bits per heavy atom. The van der Waals surface area contributed by atoms with Crippen LogP contribution in [0.5, 0.6) is 0 Å². The van der Waals surface area contributed by atoms with Crippen LogP contribution in [0.4, 0.5) is 0 Å². The number of aryl methyl sites for hydroxylation is 4. The molecule has 5 heteroatoms. The molecule has 0 saturated carbocycles. The normalized spacial score (nSPS) is 14.3. The second kappa shape index (κ2) is 8.82. The number of carbonyl (C=O) groups excluding carboxylic acids is 1. The van der Waals surface area contributed by atoms with Crippen molar-refractivity contribution in [1.29, 1.82) is 0 Å². The van der Waals surface area contributed by atoms with Crippen molar-refractivity contribution >= 4 is 16.8 Å². The fourth-order valence-corrected chi connectivity index (χ4v) is 4.33. The molecule has 1 unspecified atom stereocenters. The number of nitrogens with zero attached hydrogens (tertiary/aromatic N) is 2. The van der Waals surface area contributed by atoms with Crippen LogP contribution < -0.4 is 10.9 Å². The summed E-state index contributed by atoms with van der Waals surface area (Å²) in [6.07, 6.45) is 7.39. The molecular formula is C25H29N3O2. The number of hydrogen-bond acceptors (Lipinski definition) is 3. The molecule has 0 radical (unpaired) electrons. The lowest BCUT2D eigenvalue weighted by Crippen LogP contribution is -2.27. The molecule has 1 amide bonds. The summed E-state index contributed by atoms with van der Waals surface area (Å²) >= 11 is 0. The van der Waals surface area contributed by atoms with E-state index in [1.165, 1.54) is 30.4 Å². The number of benzene rings is 2. The van der Waals surface area contributed by atoms with Gasteiger partial charge in [-0.1, -0.05) is 30.3 Å². The second-order valence-electron chi connectivity index (χ2n) is 8.34. The molecule has 1 aliphatic rings. The van der Waals surface area contributed by atoms with Crippen molar-refractivity contribution in [3.63, 3.8) is 0 Å². The van der Waals surface area contributed by atoms with Gasteiger partial charge in [-0.25, -0.2) is 4.98 Å². The van der Waals surface area contributed by atoms with Gasteiger partial charge in [0.05, 0.1) is 23.3 Å². The number of amides is 1. The van der Waals surface area contributed by atoms with Crippen molar-refractivity contribution in [1.82, 2.24) is 14.9 Å². The van der Waals surface area contributed by atoms with Gasteiger partial charge in [-0.15, -0.1) is 0 Å². The number of rotatable bonds is 6. The molecule has 156 valence electrons. The smallest absolute Gasteiger partial charge is 0.261 e. The monoisotopic (exact) mass is 403 g/mol. The third kappa shape index (κ3) is 4.30. The molecule has 0 fully saturated rings. The van der Waals surface area contributed by atoms with Gasteiger partial charge >= 0.3 is 0 Å². The Morgan fingerprint density at radius 3 is 2.80 bits per heavy atom. The minimum absolute atomic E-state index is 0.0119. The van der Waals surface area contributed by atoms with Gasteiger partial charge in [0.2, 0.25) is 5.91 Å². The van der Waals surface area contributed by atoms with Crippen LogP contribution in [0.1, 0.15) is 60.9 Å². The highest BCUT2D eigenvalue weighted by Crippen LogP contribution is 2.24. The fourth-order valence-electron chi connectivity index (χ4n) is 4.33. The Bertz CT molecular complexity index is 1130. The van der Waals surface area contributed by atoms with E-state index in [0.29, 0.717) is 24.8 Å². The zero-order chi connectivity index (χ0) is 21.1. The molecule has 0 bridgehead atoms. The minimum atomic E-state index is -0.0495. The van der Waals surface area contributed by atoms with Crippen LogP contribution in [0.15, 0.2) is 47.5 Å². The lowest BCUT2D eigenvalue weighted by molar-refractivity contribution is -0.121. The van der Waals surface area contributed by atoms with Crippen molar-refractivity contribution in [3.05, 3.63) is 75.3 Å². The van der Waals surface area contributed by atoms with Crippen LogP contribution in [0, 0.1) is 6.92 Å². The highest BCUT2D eigenvalue weighted by atomic mass is 16.1. The maximum Gasteiger partial charge on any atom is 0.261 e. The second-order valence-corrected chi connectivity index (χ2v) is 8.34. The zero-order valence-electron chi connectivity index (χ0n) is 17.8. The summed E-state index contributed by atoms with van der Waals surface area (Å²) < 4.78 is 1.60. The van der Waals surface area contributed by atoms with Gasteiger partial charge in [-0.05, 0) is 74.3 Å². The molecule has 2 aromatic carbocycles. The number of hydrogen-bond donors (Lipinski definition) is 1. The third-order valence-electron chi connectivity index (χ3n) is 6.11. The topological polar surface area (TPSA) is 64.0 Å². The van der Waals surface area contributed by atoms with Crippen molar-refractivity contribution < 1.29 is 4.79 Å². The van der Waals surface area contributed by atoms with E-state index < -0.39 is 0 Å². The molecule has 1 heterocycles. The van der Waals surface area contributed by atoms with E-state index in [1.807, 2.05) is 26.0 Å². The summed E-state index contributed by atoms with van der Waals surface area (Å²) in [5.41, 5.74) is 5.73. The van der Waals surface area contributed by atoms with Gasteiger partial charge in [0.15, 0.2) is 0 Å². The van der Waals surface area contributed by atoms with E-state index in [-0.39, 0.29) is 17.5 Å². The standard InChI is InChI=1S/C25H29N3O2/c1-17-7-5-10-22-24(17)26-16-28(25(22)30)14-6-11-23(29)27-18(2)20-13-12-19-8-3-4-9-21(19)15-20/h5,7,10,12-13,15-16,18H,3-4,6,8-9,11,14H2,1-2H3,(H,27,29). The maximum absolute atomic E-state index is 12.7. The lowest BCUT2D eigenvalue weighted by Gasteiger charge is -2.20. The van der Waals surface area contributed by atoms with Crippen LogP contribution in [0.3, 0.4) is 0 Å². The molecule has 0 spiro atoms. The quantitative estimate of drug-likeness (QED) is 0.669. The largest absolute Gasteiger partial charge is 0.350 e. The van der Waals surface area contributed by atoms with Crippen LogP contribution in [-0.4, -0.2) is 15.5 Å².